The smallest absolute Gasteiger partial charge is 0.272 e. The normalized spacial score (nSPS) is 10.9. The van der Waals surface area contributed by atoms with Gasteiger partial charge in [0.1, 0.15) is 11.4 Å². The number of benzene rings is 1. The Hall–Kier alpha value is -3.09. The first-order valence-corrected chi connectivity index (χ1v) is 8.86. The molecule has 0 spiro atoms. The number of nitrogens with one attached hydrogen (secondary N) is 1. The summed E-state index contributed by atoms with van der Waals surface area (Å²) in [6.45, 7) is 8.62. The van der Waals surface area contributed by atoms with Gasteiger partial charge in [-0.05, 0) is 51.0 Å². The van der Waals surface area contributed by atoms with Crippen molar-refractivity contribution in [2.75, 3.05) is 0 Å². The van der Waals surface area contributed by atoms with Crippen LogP contribution >= 0.6 is 0 Å². The summed E-state index contributed by atoms with van der Waals surface area (Å²) in [6, 6.07) is 7.75. The summed E-state index contributed by atoms with van der Waals surface area (Å²) in [6.07, 6.45) is 1.74. The highest BCUT2D eigenvalue weighted by atomic mass is 16.5. The molecule has 0 aliphatic carbocycles. The summed E-state index contributed by atoms with van der Waals surface area (Å²) in [4.78, 5) is 12.4. The molecule has 2 heterocycles. The van der Waals surface area contributed by atoms with Gasteiger partial charge in [0.05, 0.1) is 5.69 Å². The van der Waals surface area contributed by atoms with Crippen LogP contribution in [-0.4, -0.2) is 25.5 Å². The lowest BCUT2D eigenvalue weighted by Crippen LogP contribution is -2.24. The third kappa shape index (κ3) is 4.19. The molecule has 0 saturated heterocycles. The van der Waals surface area contributed by atoms with Gasteiger partial charge in [0.25, 0.3) is 5.91 Å². The number of amides is 1. The number of ether oxygens (including phenoxy) is 1. The van der Waals surface area contributed by atoms with Gasteiger partial charge in [-0.3, -0.25) is 9.48 Å². The van der Waals surface area contributed by atoms with Crippen LogP contribution in [0.3, 0.4) is 0 Å². The Balaban J connectivity index is 1.59. The quantitative estimate of drug-likeness (QED) is 0.727. The zero-order chi connectivity index (χ0) is 19.6. The molecule has 0 fully saturated rings. The molecular weight excluding hydrogens is 342 g/mol. The Labute approximate surface area is 159 Å². The number of carbonyl (C=O) groups excluding carboxylic acids is 1. The Morgan fingerprint density at radius 2 is 1.93 bits per heavy atom. The number of rotatable bonds is 6. The van der Waals surface area contributed by atoms with Gasteiger partial charge >= 0.3 is 0 Å². The molecule has 0 bridgehead atoms. The fourth-order valence-corrected chi connectivity index (χ4v) is 2.89. The third-order valence-corrected chi connectivity index (χ3v) is 4.65. The van der Waals surface area contributed by atoms with E-state index in [0.29, 0.717) is 12.2 Å². The highest BCUT2D eigenvalue weighted by Gasteiger charge is 2.13. The Morgan fingerprint density at radius 3 is 2.63 bits per heavy atom. The number of aromatic nitrogens is 4. The van der Waals surface area contributed by atoms with Gasteiger partial charge in [0, 0.05) is 31.0 Å². The summed E-state index contributed by atoms with van der Waals surface area (Å²) in [7, 11) is 1.89. The van der Waals surface area contributed by atoms with Gasteiger partial charge in [-0.15, -0.1) is 0 Å². The van der Waals surface area contributed by atoms with E-state index in [2.05, 4.69) is 15.5 Å². The fraction of sp³-hybridized carbons (Fsp3) is 0.350. The molecule has 0 radical (unpaired) electrons. The van der Waals surface area contributed by atoms with Crippen LogP contribution in [0.1, 0.15) is 38.6 Å². The Bertz CT molecular complexity index is 971. The van der Waals surface area contributed by atoms with E-state index in [1.165, 1.54) is 0 Å². The minimum Gasteiger partial charge on any atom is -0.471 e. The molecule has 3 rings (SSSR count). The van der Waals surface area contributed by atoms with Crippen LogP contribution in [0.4, 0.5) is 0 Å². The molecule has 1 N–H and O–H groups in total. The Kier molecular flexibility index (Phi) is 5.30. The van der Waals surface area contributed by atoms with Crippen molar-refractivity contribution >= 4 is 5.91 Å². The van der Waals surface area contributed by atoms with E-state index in [9.17, 15) is 4.79 Å². The van der Waals surface area contributed by atoms with Gasteiger partial charge in [-0.1, -0.05) is 12.1 Å². The molecular formula is C20H25N5O2. The monoisotopic (exact) mass is 367 g/mol. The van der Waals surface area contributed by atoms with Crippen LogP contribution in [0.15, 0.2) is 30.5 Å². The minimum absolute atomic E-state index is 0.219. The molecule has 3 aromatic rings. The third-order valence-electron chi connectivity index (χ3n) is 4.65. The summed E-state index contributed by atoms with van der Waals surface area (Å²) in [5.41, 5.74) is 5.55. The van der Waals surface area contributed by atoms with Crippen molar-refractivity contribution < 1.29 is 9.53 Å². The van der Waals surface area contributed by atoms with Crippen LogP contribution < -0.4 is 10.1 Å². The zero-order valence-corrected chi connectivity index (χ0v) is 16.4. The highest BCUT2D eigenvalue weighted by molar-refractivity contribution is 5.92. The second-order valence-electron chi connectivity index (χ2n) is 6.74. The van der Waals surface area contributed by atoms with Crippen molar-refractivity contribution in [3.8, 4) is 5.75 Å². The molecule has 0 aliphatic heterocycles. The van der Waals surface area contributed by atoms with Crippen LogP contribution in [0.25, 0.3) is 0 Å². The molecule has 7 nitrogen and oxygen atoms in total. The van der Waals surface area contributed by atoms with Crippen molar-refractivity contribution in [2.45, 2.75) is 41.0 Å². The predicted octanol–water partition coefficient (Wildman–Crippen LogP) is 2.82. The average molecular weight is 367 g/mol. The summed E-state index contributed by atoms with van der Waals surface area (Å²) >= 11 is 0. The minimum atomic E-state index is -0.219. The van der Waals surface area contributed by atoms with E-state index in [4.69, 9.17) is 4.74 Å². The molecule has 142 valence electrons. The SMILES string of the molecule is Cc1ccc(C)c(OCn2ccc(C(=O)NCc3c(C)nn(C)c3C)n2)c1. The first-order chi connectivity index (χ1) is 12.8. The summed E-state index contributed by atoms with van der Waals surface area (Å²) < 4.78 is 9.24. The molecule has 0 unspecified atom stereocenters. The van der Waals surface area contributed by atoms with E-state index in [1.54, 1.807) is 16.9 Å². The van der Waals surface area contributed by atoms with E-state index in [-0.39, 0.29) is 12.6 Å². The summed E-state index contributed by atoms with van der Waals surface area (Å²) in [5.74, 6) is 0.599. The number of carbonyl (C=O) groups is 1. The number of hydrogen-bond acceptors (Lipinski definition) is 4. The van der Waals surface area contributed by atoms with Gasteiger partial charge in [-0.2, -0.15) is 10.2 Å². The van der Waals surface area contributed by atoms with Crippen LogP contribution in [0, 0.1) is 27.7 Å². The topological polar surface area (TPSA) is 74.0 Å². The number of nitrogens with zero attached hydrogens (tertiary/aromatic N) is 4. The maximum Gasteiger partial charge on any atom is 0.272 e. The molecule has 27 heavy (non-hydrogen) atoms. The lowest BCUT2D eigenvalue weighted by atomic mass is 10.1. The van der Waals surface area contributed by atoms with Gasteiger partial charge in [-0.25, -0.2) is 4.68 Å². The van der Waals surface area contributed by atoms with Crippen molar-refractivity contribution in [1.82, 2.24) is 24.9 Å². The first-order valence-electron chi connectivity index (χ1n) is 8.86. The number of aryl methyl sites for hydroxylation is 4. The van der Waals surface area contributed by atoms with Crippen LogP contribution in [-0.2, 0) is 20.3 Å². The molecule has 0 aliphatic rings. The van der Waals surface area contributed by atoms with Gasteiger partial charge < -0.3 is 10.1 Å². The average Bonchev–Trinajstić information content (AvgIpc) is 3.19. The van der Waals surface area contributed by atoms with Crippen molar-refractivity contribution in [2.24, 2.45) is 7.05 Å². The van der Waals surface area contributed by atoms with E-state index in [0.717, 1.165) is 33.8 Å². The van der Waals surface area contributed by atoms with E-state index >= 15 is 0 Å². The lowest BCUT2D eigenvalue weighted by molar-refractivity contribution is 0.0943. The Morgan fingerprint density at radius 1 is 1.15 bits per heavy atom. The highest BCUT2D eigenvalue weighted by Crippen LogP contribution is 2.19. The van der Waals surface area contributed by atoms with Gasteiger partial charge in [0.2, 0.25) is 0 Å². The van der Waals surface area contributed by atoms with Crippen molar-refractivity contribution in [3.63, 3.8) is 0 Å². The first kappa shape index (κ1) is 18.7. The lowest BCUT2D eigenvalue weighted by Gasteiger charge is -2.09. The van der Waals surface area contributed by atoms with E-state index < -0.39 is 0 Å². The fourth-order valence-electron chi connectivity index (χ4n) is 2.89. The maximum atomic E-state index is 12.4. The maximum absolute atomic E-state index is 12.4. The molecule has 1 amide bonds. The number of hydrogen-bond donors (Lipinski definition) is 1. The molecule has 7 heteroatoms. The van der Waals surface area contributed by atoms with Gasteiger partial charge in [0.15, 0.2) is 6.73 Å². The van der Waals surface area contributed by atoms with Crippen molar-refractivity contribution in [1.29, 1.82) is 0 Å². The van der Waals surface area contributed by atoms with Crippen LogP contribution in [0.2, 0.25) is 0 Å². The molecule has 0 atom stereocenters. The van der Waals surface area contributed by atoms with Crippen molar-refractivity contribution in [3.05, 3.63) is 64.2 Å². The molecule has 1 aromatic carbocycles. The zero-order valence-electron chi connectivity index (χ0n) is 16.4. The van der Waals surface area contributed by atoms with Crippen LogP contribution in [0.5, 0.6) is 5.75 Å². The van der Waals surface area contributed by atoms with E-state index in [1.807, 2.05) is 57.6 Å². The molecule has 0 saturated carbocycles. The standard InChI is InChI=1S/C20H25N5O2/c1-13-6-7-14(2)19(10-13)27-12-25-9-8-18(23-25)20(26)21-11-17-15(3)22-24(5)16(17)4/h6-10H,11-12H2,1-5H3,(H,21,26). The predicted molar refractivity (Wildman–Crippen MR) is 103 cm³/mol. The largest absolute Gasteiger partial charge is 0.471 e. The summed E-state index contributed by atoms with van der Waals surface area (Å²) in [5, 5.41) is 11.6. The molecule has 2 aromatic heterocycles. The second-order valence-corrected chi connectivity index (χ2v) is 6.74. The second kappa shape index (κ2) is 7.65.